The van der Waals surface area contributed by atoms with Gasteiger partial charge in [-0.15, -0.1) is 12.6 Å². The van der Waals surface area contributed by atoms with E-state index in [-0.39, 0.29) is 29.0 Å². The Hall–Kier alpha value is -0.550. The summed E-state index contributed by atoms with van der Waals surface area (Å²) in [4.78, 5) is 31.4. The van der Waals surface area contributed by atoms with E-state index in [1.54, 1.807) is 6.92 Å². The average molecular weight is 248 g/mol. The highest BCUT2D eigenvalue weighted by molar-refractivity contribution is 7.96. The van der Waals surface area contributed by atoms with Crippen LogP contribution in [0.4, 0.5) is 0 Å². The van der Waals surface area contributed by atoms with Gasteiger partial charge in [0.05, 0.1) is 5.92 Å². The molecule has 0 saturated heterocycles. The minimum absolute atomic E-state index is 0.00870. The van der Waals surface area contributed by atoms with Crippen molar-refractivity contribution in [1.29, 1.82) is 0 Å². The third-order valence-electron chi connectivity index (χ3n) is 1.47. The molecule has 0 aliphatic heterocycles. The van der Waals surface area contributed by atoms with Crippen molar-refractivity contribution < 1.29 is 14.4 Å². The zero-order valence-corrected chi connectivity index (χ0v) is 11.1. The molecule has 86 valence electrons. The summed E-state index contributed by atoms with van der Waals surface area (Å²) in [6, 6.07) is 0. The number of hydrogen-bond acceptors (Lipinski definition) is 4. The second-order valence-electron chi connectivity index (χ2n) is 3.20. The molecule has 0 rings (SSSR count). The standard InChI is InChI=1S/C8H12O2S.C2H4OS/c1-5(9)4-8(6(2)10)7(3)11;1-2(3)4/h8H,4H2,1-3H3;1H3,(H,3,4). The Bertz CT molecular complexity index is 254. The minimum atomic E-state index is -0.345. The zero-order chi connectivity index (χ0) is 12.6. The highest BCUT2D eigenvalue weighted by Gasteiger charge is 2.17. The van der Waals surface area contributed by atoms with Crippen LogP contribution in [-0.4, -0.2) is 21.5 Å². The van der Waals surface area contributed by atoms with Gasteiger partial charge >= 0.3 is 0 Å². The molecule has 0 heterocycles. The Kier molecular flexibility index (Phi) is 9.82. The second kappa shape index (κ2) is 8.73. The smallest absolute Gasteiger partial charge is 0.182 e. The lowest BCUT2D eigenvalue weighted by atomic mass is 9.96. The lowest BCUT2D eigenvalue weighted by Crippen LogP contribution is -2.20. The molecule has 0 saturated carbocycles. The lowest BCUT2D eigenvalue weighted by Gasteiger charge is -2.08. The molecule has 0 spiro atoms. The van der Waals surface area contributed by atoms with Gasteiger partial charge in [-0.1, -0.05) is 12.2 Å². The average Bonchev–Trinajstić information content (AvgIpc) is 1.97. The fourth-order valence-corrected chi connectivity index (χ4v) is 1.11. The number of rotatable bonds is 4. The van der Waals surface area contributed by atoms with Crippen molar-refractivity contribution in [2.75, 3.05) is 0 Å². The Balaban J connectivity index is 0. The van der Waals surface area contributed by atoms with Crippen LogP contribution in [-0.2, 0) is 14.4 Å². The normalized spacial score (nSPS) is 10.7. The Labute approximate surface area is 101 Å². The van der Waals surface area contributed by atoms with E-state index in [4.69, 9.17) is 12.2 Å². The van der Waals surface area contributed by atoms with Crippen LogP contribution in [0.15, 0.2) is 0 Å². The van der Waals surface area contributed by atoms with Gasteiger partial charge in [-0.3, -0.25) is 14.4 Å². The number of Topliss-reactive ketones (excluding diaryl/α,β-unsaturated/α-hetero) is 2. The molecule has 0 aliphatic carbocycles. The molecule has 1 unspecified atom stereocenters. The van der Waals surface area contributed by atoms with Crippen LogP contribution in [0.3, 0.4) is 0 Å². The first-order valence-electron chi connectivity index (χ1n) is 4.38. The maximum atomic E-state index is 10.9. The summed E-state index contributed by atoms with van der Waals surface area (Å²) < 4.78 is 0. The van der Waals surface area contributed by atoms with Crippen molar-refractivity contribution in [3.8, 4) is 0 Å². The predicted molar refractivity (Wildman–Crippen MR) is 67.4 cm³/mol. The summed E-state index contributed by atoms with van der Waals surface area (Å²) in [7, 11) is 0. The van der Waals surface area contributed by atoms with E-state index >= 15 is 0 Å². The van der Waals surface area contributed by atoms with Gasteiger partial charge in [0.15, 0.2) is 5.12 Å². The van der Waals surface area contributed by atoms with E-state index in [2.05, 4.69) is 12.6 Å². The first-order chi connectivity index (χ1) is 6.68. The molecular formula is C10H16O3S2. The predicted octanol–water partition coefficient (Wildman–Crippen LogP) is 2.02. The van der Waals surface area contributed by atoms with Crippen molar-refractivity contribution in [2.24, 2.45) is 5.92 Å². The summed E-state index contributed by atoms with van der Waals surface area (Å²) in [6.45, 7) is 6.02. The summed E-state index contributed by atoms with van der Waals surface area (Å²) in [6.07, 6.45) is 0.255. The van der Waals surface area contributed by atoms with E-state index in [9.17, 15) is 14.4 Å². The van der Waals surface area contributed by atoms with E-state index in [0.717, 1.165) is 0 Å². The van der Waals surface area contributed by atoms with Gasteiger partial charge in [-0.2, -0.15) is 0 Å². The van der Waals surface area contributed by atoms with Gasteiger partial charge in [-0.25, -0.2) is 0 Å². The van der Waals surface area contributed by atoms with E-state index in [0.29, 0.717) is 4.86 Å². The first-order valence-corrected chi connectivity index (χ1v) is 5.23. The minimum Gasteiger partial charge on any atom is -0.300 e. The fourth-order valence-electron chi connectivity index (χ4n) is 0.861. The molecule has 0 aromatic rings. The fraction of sp³-hybridized carbons (Fsp3) is 0.600. The molecule has 0 radical (unpaired) electrons. The van der Waals surface area contributed by atoms with Gasteiger partial charge in [0.1, 0.15) is 11.6 Å². The zero-order valence-electron chi connectivity index (χ0n) is 9.36. The lowest BCUT2D eigenvalue weighted by molar-refractivity contribution is -0.123. The summed E-state index contributed by atoms with van der Waals surface area (Å²) in [5.41, 5.74) is 0. The molecule has 1 atom stereocenters. The number of thiol groups is 1. The molecule has 0 aromatic carbocycles. The molecular weight excluding hydrogens is 232 g/mol. The van der Waals surface area contributed by atoms with Crippen LogP contribution in [0.25, 0.3) is 0 Å². The molecule has 3 nitrogen and oxygen atoms in total. The molecule has 0 aromatic heterocycles. The quantitative estimate of drug-likeness (QED) is 0.611. The first kappa shape index (κ1) is 16.9. The van der Waals surface area contributed by atoms with Crippen molar-refractivity contribution in [3.05, 3.63) is 0 Å². The molecule has 0 aliphatic rings. The monoisotopic (exact) mass is 248 g/mol. The summed E-state index contributed by atoms with van der Waals surface area (Å²) in [5.74, 6) is -0.357. The Morgan fingerprint density at radius 1 is 1.13 bits per heavy atom. The number of thiocarbonyl (C=S) groups is 1. The van der Waals surface area contributed by atoms with Crippen molar-refractivity contribution in [1.82, 2.24) is 0 Å². The second-order valence-corrected chi connectivity index (χ2v) is 4.47. The van der Waals surface area contributed by atoms with E-state index < -0.39 is 0 Å². The highest BCUT2D eigenvalue weighted by Crippen LogP contribution is 2.07. The Morgan fingerprint density at radius 2 is 1.47 bits per heavy atom. The maximum Gasteiger partial charge on any atom is 0.182 e. The number of ketones is 2. The van der Waals surface area contributed by atoms with Crippen LogP contribution in [0, 0.1) is 5.92 Å². The summed E-state index contributed by atoms with van der Waals surface area (Å²) >= 11 is 8.17. The van der Waals surface area contributed by atoms with Gasteiger partial charge in [0.25, 0.3) is 0 Å². The third kappa shape index (κ3) is 13.4. The molecule has 0 fully saturated rings. The van der Waals surface area contributed by atoms with Gasteiger partial charge in [-0.05, 0) is 20.8 Å². The van der Waals surface area contributed by atoms with E-state index in [1.807, 2.05) is 0 Å². The van der Waals surface area contributed by atoms with Crippen LogP contribution < -0.4 is 0 Å². The van der Waals surface area contributed by atoms with Crippen molar-refractivity contribution in [3.63, 3.8) is 0 Å². The maximum absolute atomic E-state index is 10.9. The van der Waals surface area contributed by atoms with Crippen LogP contribution in [0.5, 0.6) is 0 Å². The van der Waals surface area contributed by atoms with Crippen molar-refractivity contribution in [2.45, 2.75) is 34.1 Å². The SMILES string of the molecule is CC(=O)CC(C(C)=O)C(C)=S.CC(=O)S. The third-order valence-corrected chi connectivity index (χ3v) is 1.76. The number of hydrogen-bond donors (Lipinski definition) is 1. The van der Waals surface area contributed by atoms with Crippen LogP contribution in [0.2, 0.25) is 0 Å². The van der Waals surface area contributed by atoms with Gasteiger partial charge in [0, 0.05) is 18.2 Å². The summed E-state index contributed by atoms with van der Waals surface area (Å²) in [5, 5.41) is -0.139. The van der Waals surface area contributed by atoms with Gasteiger partial charge in [0.2, 0.25) is 0 Å². The topological polar surface area (TPSA) is 51.2 Å². The highest BCUT2D eigenvalue weighted by atomic mass is 32.1. The number of carbonyl (C=O) groups excluding carboxylic acids is 3. The largest absolute Gasteiger partial charge is 0.300 e. The Morgan fingerprint density at radius 3 is 1.53 bits per heavy atom. The van der Waals surface area contributed by atoms with E-state index in [1.165, 1.54) is 20.8 Å². The van der Waals surface area contributed by atoms with Crippen molar-refractivity contribution >= 4 is 46.4 Å². The molecule has 0 N–H and O–H groups in total. The van der Waals surface area contributed by atoms with Crippen LogP contribution in [0.1, 0.15) is 34.1 Å². The molecule has 0 bridgehead atoms. The van der Waals surface area contributed by atoms with Gasteiger partial charge < -0.3 is 0 Å². The number of carbonyl (C=O) groups is 3. The van der Waals surface area contributed by atoms with Crippen LogP contribution >= 0.6 is 24.8 Å². The molecule has 0 amide bonds. The molecule has 15 heavy (non-hydrogen) atoms. The molecule has 5 heteroatoms.